The second-order valence-corrected chi connectivity index (χ2v) is 8.70. The second kappa shape index (κ2) is 10.9. The number of nitrogen functional groups attached to an aromatic ring is 1. The molecule has 2 amide bonds. The molecule has 0 fully saturated rings. The van der Waals surface area contributed by atoms with Crippen molar-refractivity contribution in [3.63, 3.8) is 0 Å². The molecule has 1 aromatic heterocycles. The van der Waals surface area contributed by atoms with E-state index in [0.717, 1.165) is 17.7 Å². The Morgan fingerprint density at radius 3 is 2.61 bits per heavy atom. The summed E-state index contributed by atoms with van der Waals surface area (Å²) in [5.74, 6) is 6.77. The molecule has 0 aliphatic rings. The zero-order valence-electron chi connectivity index (χ0n) is 19.1. The van der Waals surface area contributed by atoms with Crippen molar-refractivity contribution in [2.75, 3.05) is 31.9 Å². The van der Waals surface area contributed by atoms with Crippen molar-refractivity contribution in [2.24, 2.45) is 0 Å². The minimum absolute atomic E-state index is 0.0659. The van der Waals surface area contributed by atoms with Crippen LogP contribution < -0.4 is 15.9 Å². The third kappa shape index (κ3) is 5.64. The zero-order chi connectivity index (χ0) is 24.0. The number of ether oxygens (including phenoxy) is 1. The first-order valence-electron chi connectivity index (χ1n) is 10.5. The third-order valence-corrected chi connectivity index (χ3v) is 6.12. The number of hydrogen-bond acceptors (Lipinski definition) is 7. The number of para-hydroxylation sites is 2. The number of rotatable bonds is 9. The highest BCUT2D eigenvalue weighted by atomic mass is 32.2. The second-order valence-electron chi connectivity index (χ2n) is 7.39. The summed E-state index contributed by atoms with van der Waals surface area (Å²) in [6.07, 6.45) is 0.801. The summed E-state index contributed by atoms with van der Waals surface area (Å²) in [5.41, 5.74) is 2.49. The van der Waals surface area contributed by atoms with Crippen LogP contribution >= 0.6 is 11.8 Å². The molecule has 1 atom stereocenters. The van der Waals surface area contributed by atoms with Gasteiger partial charge in [-0.1, -0.05) is 49.0 Å². The van der Waals surface area contributed by atoms with Crippen LogP contribution in [0.1, 0.15) is 19.4 Å². The first-order chi connectivity index (χ1) is 15.8. The van der Waals surface area contributed by atoms with Gasteiger partial charge in [-0.3, -0.25) is 9.59 Å². The van der Waals surface area contributed by atoms with Crippen molar-refractivity contribution in [2.45, 2.75) is 30.7 Å². The highest BCUT2D eigenvalue weighted by Crippen LogP contribution is 2.30. The Bertz CT molecular complexity index is 1130. The monoisotopic (exact) mass is 468 g/mol. The molecule has 0 aliphatic heterocycles. The fourth-order valence-electron chi connectivity index (χ4n) is 3.32. The number of anilines is 1. The molecule has 174 valence electrons. The Balaban J connectivity index is 1.63. The van der Waals surface area contributed by atoms with Crippen LogP contribution in [-0.4, -0.2) is 57.5 Å². The van der Waals surface area contributed by atoms with E-state index in [9.17, 15) is 9.59 Å². The first-order valence-corrected chi connectivity index (χ1v) is 11.4. The van der Waals surface area contributed by atoms with Crippen molar-refractivity contribution < 1.29 is 14.3 Å². The number of aryl methyl sites for hydroxylation is 1. The largest absolute Gasteiger partial charge is 0.496 e. The lowest BCUT2D eigenvalue weighted by molar-refractivity contribution is -0.132. The highest BCUT2D eigenvalue weighted by Gasteiger charge is 2.24. The van der Waals surface area contributed by atoms with Crippen molar-refractivity contribution >= 4 is 29.3 Å². The van der Waals surface area contributed by atoms with Gasteiger partial charge in [0.15, 0.2) is 5.82 Å². The van der Waals surface area contributed by atoms with E-state index >= 15 is 0 Å². The van der Waals surface area contributed by atoms with Crippen LogP contribution in [0.5, 0.6) is 5.75 Å². The van der Waals surface area contributed by atoms with E-state index in [-0.39, 0.29) is 18.4 Å². The quantitative estimate of drug-likeness (QED) is 0.366. The molecule has 2 aromatic carbocycles. The van der Waals surface area contributed by atoms with Crippen molar-refractivity contribution in [1.82, 2.24) is 19.8 Å². The Labute approximate surface area is 197 Å². The molecule has 1 unspecified atom stereocenters. The number of amides is 2. The maximum absolute atomic E-state index is 12.9. The van der Waals surface area contributed by atoms with Crippen molar-refractivity contribution in [3.8, 4) is 17.1 Å². The first kappa shape index (κ1) is 24.1. The van der Waals surface area contributed by atoms with E-state index < -0.39 is 5.25 Å². The third-order valence-electron chi connectivity index (χ3n) is 5.07. The number of hydrogen-bond donors (Lipinski definition) is 2. The Morgan fingerprint density at radius 2 is 1.88 bits per heavy atom. The van der Waals surface area contributed by atoms with Crippen LogP contribution in [0.2, 0.25) is 0 Å². The molecular weight excluding hydrogens is 440 g/mol. The molecule has 9 nitrogen and oxygen atoms in total. The van der Waals surface area contributed by atoms with Crippen molar-refractivity contribution in [1.29, 1.82) is 0 Å². The van der Waals surface area contributed by atoms with E-state index in [4.69, 9.17) is 10.6 Å². The van der Waals surface area contributed by atoms with Gasteiger partial charge in [-0.25, -0.2) is 4.68 Å². The lowest BCUT2D eigenvalue weighted by Gasteiger charge is -2.20. The van der Waals surface area contributed by atoms with Crippen LogP contribution in [0, 0.1) is 0 Å². The number of carbonyl (C=O) groups excluding carboxylic acids is 2. The minimum atomic E-state index is -0.525. The SMILES string of the molecule is CCc1ccccc1NC(=O)CN(C)C(=O)C(C)Sc1nnc(-c2ccccc2OC)n1N. The minimum Gasteiger partial charge on any atom is -0.496 e. The zero-order valence-corrected chi connectivity index (χ0v) is 19.9. The molecule has 3 aromatic rings. The fourth-order valence-corrected chi connectivity index (χ4v) is 4.21. The number of nitrogens with two attached hydrogens (primary N) is 1. The molecule has 3 rings (SSSR count). The smallest absolute Gasteiger partial charge is 0.243 e. The predicted molar refractivity (Wildman–Crippen MR) is 130 cm³/mol. The fraction of sp³-hybridized carbons (Fsp3) is 0.304. The van der Waals surface area contributed by atoms with Gasteiger partial charge < -0.3 is 20.8 Å². The van der Waals surface area contributed by atoms with Gasteiger partial charge >= 0.3 is 0 Å². The number of methoxy groups -OCH3 is 1. The summed E-state index contributed by atoms with van der Waals surface area (Å²) in [7, 11) is 3.16. The number of aromatic nitrogens is 3. The molecule has 10 heteroatoms. The average molecular weight is 469 g/mol. The summed E-state index contributed by atoms with van der Waals surface area (Å²) in [5, 5.41) is 11.0. The molecular formula is C23H28N6O3S. The number of thioether (sulfide) groups is 1. The Hall–Kier alpha value is -3.53. The number of nitrogens with zero attached hydrogens (tertiary/aromatic N) is 4. The molecule has 33 heavy (non-hydrogen) atoms. The summed E-state index contributed by atoms with van der Waals surface area (Å²) in [6.45, 7) is 3.70. The van der Waals surface area contributed by atoms with E-state index in [0.29, 0.717) is 22.3 Å². The number of nitrogens with one attached hydrogen (secondary N) is 1. The summed E-state index contributed by atoms with van der Waals surface area (Å²) in [4.78, 5) is 26.7. The lowest BCUT2D eigenvalue weighted by atomic mass is 10.1. The standard InChI is InChI=1S/C23H28N6O3S/c1-5-16-10-6-8-12-18(16)25-20(30)14-28(3)22(31)15(2)33-23-27-26-21(29(23)24)17-11-7-9-13-19(17)32-4/h6-13,15H,5,14,24H2,1-4H3,(H,25,30). The molecule has 0 saturated heterocycles. The van der Waals surface area contributed by atoms with Crippen LogP contribution in [-0.2, 0) is 16.0 Å². The van der Waals surface area contributed by atoms with E-state index in [1.54, 1.807) is 21.1 Å². The lowest BCUT2D eigenvalue weighted by Crippen LogP contribution is -2.39. The average Bonchev–Trinajstić information content (AvgIpc) is 3.18. The van der Waals surface area contributed by atoms with E-state index in [2.05, 4.69) is 15.5 Å². The van der Waals surface area contributed by atoms with Gasteiger partial charge in [0.1, 0.15) is 5.75 Å². The summed E-state index contributed by atoms with van der Waals surface area (Å²) < 4.78 is 6.70. The van der Waals surface area contributed by atoms with E-state index in [1.165, 1.54) is 21.3 Å². The topological polar surface area (TPSA) is 115 Å². The molecule has 0 radical (unpaired) electrons. The normalized spacial score (nSPS) is 11.6. The Morgan fingerprint density at radius 1 is 1.18 bits per heavy atom. The summed E-state index contributed by atoms with van der Waals surface area (Å²) in [6, 6.07) is 15.0. The van der Waals surface area contributed by atoms with Gasteiger partial charge in [0, 0.05) is 12.7 Å². The van der Waals surface area contributed by atoms with Gasteiger partial charge in [-0.15, -0.1) is 10.2 Å². The molecule has 3 N–H and O–H groups in total. The van der Waals surface area contributed by atoms with Gasteiger partial charge in [-0.2, -0.15) is 0 Å². The van der Waals surface area contributed by atoms with Gasteiger partial charge in [0.25, 0.3) is 0 Å². The maximum atomic E-state index is 12.9. The van der Waals surface area contributed by atoms with Gasteiger partial charge in [-0.05, 0) is 37.1 Å². The number of likely N-dealkylation sites (N-methyl/N-ethyl adjacent to an activating group) is 1. The Kier molecular flexibility index (Phi) is 7.94. The molecule has 0 saturated carbocycles. The van der Waals surface area contributed by atoms with Gasteiger partial charge in [0.05, 0.1) is 24.5 Å². The van der Waals surface area contributed by atoms with Crippen LogP contribution in [0.3, 0.4) is 0 Å². The molecule has 0 aliphatic carbocycles. The maximum Gasteiger partial charge on any atom is 0.243 e. The predicted octanol–water partition coefficient (Wildman–Crippen LogP) is 2.81. The summed E-state index contributed by atoms with van der Waals surface area (Å²) >= 11 is 1.17. The number of benzene rings is 2. The van der Waals surface area contributed by atoms with Crippen LogP contribution in [0.15, 0.2) is 53.7 Å². The van der Waals surface area contributed by atoms with Crippen molar-refractivity contribution in [3.05, 3.63) is 54.1 Å². The van der Waals surface area contributed by atoms with Gasteiger partial charge in [0.2, 0.25) is 17.0 Å². The highest BCUT2D eigenvalue weighted by molar-refractivity contribution is 8.00. The molecule has 1 heterocycles. The number of carbonyl (C=O) groups is 2. The molecule has 0 spiro atoms. The van der Waals surface area contributed by atoms with Crippen LogP contribution in [0.4, 0.5) is 5.69 Å². The molecule has 0 bridgehead atoms. The van der Waals surface area contributed by atoms with E-state index in [1.807, 2.05) is 55.5 Å². The van der Waals surface area contributed by atoms with Crippen LogP contribution in [0.25, 0.3) is 11.4 Å².